The second-order valence-electron chi connectivity index (χ2n) is 7.73. The lowest BCUT2D eigenvalue weighted by molar-refractivity contribution is 0.0374. The van der Waals surface area contributed by atoms with Crippen molar-refractivity contribution >= 4 is 16.7 Å². The maximum atomic E-state index is 12.5. The molecule has 31 heavy (non-hydrogen) atoms. The lowest BCUT2D eigenvalue weighted by Gasteiger charge is -2.26. The number of methoxy groups -OCH3 is 1. The van der Waals surface area contributed by atoms with Crippen LogP contribution in [0.1, 0.15) is 16.8 Å². The molecule has 0 saturated carbocycles. The van der Waals surface area contributed by atoms with Gasteiger partial charge in [-0.05, 0) is 65.2 Å². The first-order chi connectivity index (χ1) is 15.1. The Morgan fingerprint density at radius 2 is 1.74 bits per heavy atom. The summed E-state index contributed by atoms with van der Waals surface area (Å²) in [6.07, 6.45) is 0.929. The summed E-state index contributed by atoms with van der Waals surface area (Å²) in [6.45, 7) is 5.17. The van der Waals surface area contributed by atoms with Gasteiger partial charge in [0.15, 0.2) is 11.5 Å². The smallest absolute Gasteiger partial charge is 0.251 e. The van der Waals surface area contributed by atoms with E-state index in [9.17, 15) is 9.90 Å². The van der Waals surface area contributed by atoms with Gasteiger partial charge in [0.2, 0.25) is 0 Å². The van der Waals surface area contributed by atoms with Crippen molar-refractivity contribution in [3.05, 3.63) is 60.2 Å². The predicted molar refractivity (Wildman–Crippen MR) is 122 cm³/mol. The number of ether oxygens (including phenoxy) is 2. The number of aromatic hydroxyl groups is 1. The van der Waals surface area contributed by atoms with E-state index in [0.717, 1.165) is 61.2 Å². The maximum Gasteiger partial charge on any atom is 0.251 e. The van der Waals surface area contributed by atoms with Crippen LogP contribution in [0.15, 0.2) is 54.6 Å². The van der Waals surface area contributed by atoms with Crippen LogP contribution in [-0.4, -0.2) is 62.4 Å². The predicted octanol–water partition coefficient (Wildman–Crippen LogP) is 3.67. The average molecular weight is 421 g/mol. The molecule has 0 unspecified atom stereocenters. The number of carbonyl (C=O) groups excluding carboxylic acids is 1. The lowest BCUT2D eigenvalue weighted by Crippen LogP contribution is -2.38. The summed E-state index contributed by atoms with van der Waals surface area (Å²) < 4.78 is 10.6. The first-order valence-electron chi connectivity index (χ1n) is 10.6. The molecule has 2 N–H and O–H groups in total. The van der Waals surface area contributed by atoms with E-state index in [1.54, 1.807) is 6.07 Å². The zero-order valence-electron chi connectivity index (χ0n) is 17.8. The Bertz CT molecular complexity index is 1060. The summed E-state index contributed by atoms with van der Waals surface area (Å²) in [5.74, 6) is 0.516. The van der Waals surface area contributed by atoms with Gasteiger partial charge in [0.05, 0.1) is 20.3 Å². The van der Waals surface area contributed by atoms with E-state index in [-0.39, 0.29) is 11.7 Å². The molecule has 0 radical (unpaired) electrons. The molecule has 3 aromatic carbocycles. The van der Waals surface area contributed by atoms with E-state index >= 15 is 0 Å². The van der Waals surface area contributed by atoms with Gasteiger partial charge in [-0.15, -0.1) is 0 Å². The van der Waals surface area contributed by atoms with E-state index in [1.807, 2.05) is 42.5 Å². The SMILES string of the molecule is COc1cc(-c2ccc3cc(C(=O)NCCCN4CCOCC4)ccc3c2)ccc1O. The van der Waals surface area contributed by atoms with Gasteiger partial charge in [0.25, 0.3) is 5.91 Å². The molecule has 0 aromatic heterocycles. The summed E-state index contributed by atoms with van der Waals surface area (Å²) in [5.41, 5.74) is 2.64. The average Bonchev–Trinajstić information content (AvgIpc) is 2.82. The summed E-state index contributed by atoms with van der Waals surface area (Å²) in [4.78, 5) is 14.9. The Morgan fingerprint density at radius 3 is 2.55 bits per heavy atom. The molecule has 6 nitrogen and oxygen atoms in total. The van der Waals surface area contributed by atoms with E-state index in [0.29, 0.717) is 17.9 Å². The highest BCUT2D eigenvalue weighted by molar-refractivity contribution is 5.99. The lowest BCUT2D eigenvalue weighted by atomic mass is 9.99. The quantitative estimate of drug-likeness (QED) is 0.571. The fraction of sp³-hybridized carbons (Fsp3) is 0.320. The van der Waals surface area contributed by atoms with Gasteiger partial charge < -0.3 is 19.9 Å². The molecule has 0 bridgehead atoms. The van der Waals surface area contributed by atoms with Crippen LogP contribution >= 0.6 is 0 Å². The van der Waals surface area contributed by atoms with Gasteiger partial charge in [-0.1, -0.05) is 24.3 Å². The zero-order valence-corrected chi connectivity index (χ0v) is 17.8. The van der Waals surface area contributed by atoms with Crippen molar-refractivity contribution in [2.75, 3.05) is 46.5 Å². The molecule has 1 fully saturated rings. The van der Waals surface area contributed by atoms with Crippen LogP contribution in [0.4, 0.5) is 0 Å². The van der Waals surface area contributed by atoms with Gasteiger partial charge in [0.1, 0.15) is 0 Å². The van der Waals surface area contributed by atoms with Crippen molar-refractivity contribution in [2.45, 2.75) is 6.42 Å². The number of benzene rings is 3. The van der Waals surface area contributed by atoms with Crippen molar-refractivity contribution in [2.24, 2.45) is 0 Å². The first kappa shape index (κ1) is 21.2. The van der Waals surface area contributed by atoms with Gasteiger partial charge >= 0.3 is 0 Å². The molecule has 1 saturated heterocycles. The molecule has 1 amide bonds. The van der Waals surface area contributed by atoms with Gasteiger partial charge in [-0.25, -0.2) is 0 Å². The highest BCUT2D eigenvalue weighted by atomic mass is 16.5. The highest BCUT2D eigenvalue weighted by Gasteiger charge is 2.11. The van der Waals surface area contributed by atoms with E-state index < -0.39 is 0 Å². The number of nitrogens with zero attached hydrogens (tertiary/aromatic N) is 1. The molecule has 3 aromatic rings. The minimum Gasteiger partial charge on any atom is -0.504 e. The van der Waals surface area contributed by atoms with Gasteiger partial charge in [0, 0.05) is 25.2 Å². The molecule has 1 aliphatic heterocycles. The fourth-order valence-corrected chi connectivity index (χ4v) is 3.86. The number of amides is 1. The molecule has 0 spiro atoms. The molecule has 0 atom stereocenters. The second-order valence-corrected chi connectivity index (χ2v) is 7.73. The number of fused-ring (bicyclic) bond motifs is 1. The van der Waals surface area contributed by atoms with E-state index in [4.69, 9.17) is 9.47 Å². The standard InChI is InChI=1S/C25H28N2O4/c1-30-24-17-21(7-8-23(24)28)19-3-4-20-16-22(6-5-18(20)15-19)25(29)26-9-2-10-27-11-13-31-14-12-27/h3-8,15-17,28H,2,9-14H2,1H3,(H,26,29). The Morgan fingerprint density at radius 1 is 1.03 bits per heavy atom. The third-order valence-corrected chi connectivity index (χ3v) is 5.66. The highest BCUT2D eigenvalue weighted by Crippen LogP contribution is 2.32. The number of hydrogen-bond acceptors (Lipinski definition) is 5. The normalized spacial score (nSPS) is 14.5. The third-order valence-electron chi connectivity index (χ3n) is 5.66. The second kappa shape index (κ2) is 9.81. The summed E-state index contributed by atoms with van der Waals surface area (Å²) in [7, 11) is 1.54. The van der Waals surface area contributed by atoms with Crippen molar-refractivity contribution < 1.29 is 19.4 Å². The molecule has 1 heterocycles. The monoisotopic (exact) mass is 420 g/mol. The van der Waals surface area contributed by atoms with Gasteiger partial charge in [-0.3, -0.25) is 9.69 Å². The van der Waals surface area contributed by atoms with Crippen LogP contribution in [0, 0.1) is 0 Å². The number of morpholine rings is 1. The molecule has 0 aliphatic carbocycles. The van der Waals surface area contributed by atoms with Crippen LogP contribution in [0.25, 0.3) is 21.9 Å². The van der Waals surface area contributed by atoms with E-state index in [2.05, 4.69) is 16.3 Å². The van der Waals surface area contributed by atoms with Crippen LogP contribution in [-0.2, 0) is 4.74 Å². The Balaban J connectivity index is 1.40. The molecule has 6 heteroatoms. The largest absolute Gasteiger partial charge is 0.504 e. The minimum atomic E-state index is -0.0452. The molecule has 1 aliphatic rings. The van der Waals surface area contributed by atoms with Crippen molar-refractivity contribution in [3.8, 4) is 22.6 Å². The molecular formula is C25H28N2O4. The number of carbonyl (C=O) groups is 1. The number of phenolic OH excluding ortho intramolecular Hbond substituents is 1. The maximum absolute atomic E-state index is 12.5. The number of nitrogens with one attached hydrogen (secondary N) is 1. The third kappa shape index (κ3) is 5.16. The minimum absolute atomic E-state index is 0.0452. The Hall–Kier alpha value is -3.09. The summed E-state index contributed by atoms with van der Waals surface area (Å²) in [5, 5.41) is 14.9. The Labute approximate surface area is 182 Å². The summed E-state index contributed by atoms with van der Waals surface area (Å²) >= 11 is 0. The zero-order chi connectivity index (χ0) is 21.6. The summed E-state index contributed by atoms with van der Waals surface area (Å²) in [6, 6.07) is 17.2. The van der Waals surface area contributed by atoms with E-state index in [1.165, 1.54) is 7.11 Å². The molecule has 4 rings (SSSR count). The van der Waals surface area contributed by atoms with Crippen LogP contribution < -0.4 is 10.1 Å². The Kier molecular flexibility index (Phi) is 6.70. The number of hydrogen-bond donors (Lipinski definition) is 2. The molecule has 162 valence electrons. The van der Waals surface area contributed by atoms with Crippen LogP contribution in [0.2, 0.25) is 0 Å². The van der Waals surface area contributed by atoms with Crippen molar-refractivity contribution in [3.63, 3.8) is 0 Å². The van der Waals surface area contributed by atoms with Crippen molar-refractivity contribution in [1.29, 1.82) is 0 Å². The number of phenols is 1. The van der Waals surface area contributed by atoms with Crippen LogP contribution in [0.3, 0.4) is 0 Å². The van der Waals surface area contributed by atoms with Crippen LogP contribution in [0.5, 0.6) is 11.5 Å². The first-order valence-corrected chi connectivity index (χ1v) is 10.6. The number of rotatable bonds is 7. The molecular weight excluding hydrogens is 392 g/mol. The fourth-order valence-electron chi connectivity index (χ4n) is 3.86. The van der Waals surface area contributed by atoms with Crippen molar-refractivity contribution in [1.82, 2.24) is 10.2 Å². The van der Waals surface area contributed by atoms with Gasteiger partial charge in [-0.2, -0.15) is 0 Å². The topological polar surface area (TPSA) is 71.0 Å².